The lowest BCUT2D eigenvalue weighted by atomic mass is 9.47. The minimum absolute atomic E-state index is 0.108. The average molecular weight is 495 g/mol. The van der Waals surface area contributed by atoms with E-state index >= 15 is 0 Å². The van der Waals surface area contributed by atoms with Gasteiger partial charge in [0.05, 0.1) is 17.4 Å². The number of nitrogens with one attached hydrogen (secondary N) is 1. The van der Waals surface area contributed by atoms with Gasteiger partial charge in [0, 0.05) is 6.54 Å². The standard InChI is InChI=1S/C29H38N2O5/c1-28-13-11-21(31-36-17-26(33)30-16-18-3-5-19(6-4-18)27(34)35)15-20(28)7-8-22-23-9-10-25(32)29(23,2)14-12-24(22)28/h3-6,15,22-25,32H,7-14,16-17H2,1-2H3,(H,30,33)(H,34,35)/t22-,23-,24+,25-,28-,29-/m0/s1. The summed E-state index contributed by atoms with van der Waals surface area (Å²) in [4.78, 5) is 28.5. The third kappa shape index (κ3) is 4.47. The van der Waals surface area contributed by atoms with Crippen LogP contribution >= 0.6 is 0 Å². The van der Waals surface area contributed by atoms with Gasteiger partial charge in [-0.3, -0.25) is 4.79 Å². The van der Waals surface area contributed by atoms with E-state index < -0.39 is 5.97 Å². The number of fused-ring (bicyclic) bond motifs is 5. The number of carboxylic acid groups (broad SMARTS) is 1. The summed E-state index contributed by atoms with van der Waals surface area (Å²) < 4.78 is 0. The summed E-state index contributed by atoms with van der Waals surface area (Å²) in [6.45, 7) is 4.93. The Morgan fingerprint density at radius 2 is 1.83 bits per heavy atom. The number of carbonyl (C=O) groups is 2. The molecule has 0 bridgehead atoms. The molecule has 1 amide bonds. The number of amides is 1. The molecule has 0 unspecified atom stereocenters. The minimum atomic E-state index is -0.973. The Morgan fingerprint density at radius 1 is 1.06 bits per heavy atom. The van der Waals surface area contributed by atoms with E-state index in [0.29, 0.717) is 24.3 Å². The third-order valence-corrected chi connectivity index (χ3v) is 10.00. The number of oxime groups is 1. The molecule has 1 aromatic rings. The second-order valence-electron chi connectivity index (χ2n) is 11.8. The summed E-state index contributed by atoms with van der Waals surface area (Å²) in [7, 11) is 0. The number of aliphatic hydroxyl groups excluding tert-OH is 1. The summed E-state index contributed by atoms with van der Waals surface area (Å²) in [5.74, 6) is 0.802. The molecule has 0 heterocycles. The van der Waals surface area contributed by atoms with Crippen LogP contribution in [-0.2, 0) is 16.2 Å². The lowest BCUT2D eigenvalue weighted by molar-refractivity contribution is -0.125. The van der Waals surface area contributed by atoms with E-state index in [4.69, 9.17) is 9.94 Å². The molecule has 1 aromatic carbocycles. The highest BCUT2D eigenvalue weighted by Gasteiger charge is 2.58. The molecule has 0 spiro atoms. The highest BCUT2D eigenvalue weighted by molar-refractivity contribution is 5.96. The van der Waals surface area contributed by atoms with Crippen LogP contribution in [0, 0.1) is 28.6 Å². The van der Waals surface area contributed by atoms with Gasteiger partial charge in [0.25, 0.3) is 5.91 Å². The van der Waals surface area contributed by atoms with E-state index in [9.17, 15) is 14.7 Å². The van der Waals surface area contributed by atoms with Crippen molar-refractivity contribution in [3.8, 4) is 0 Å². The maximum atomic E-state index is 12.2. The number of carbonyl (C=O) groups excluding carboxylic acids is 1. The zero-order chi connectivity index (χ0) is 25.5. The smallest absolute Gasteiger partial charge is 0.335 e. The van der Waals surface area contributed by atoms with Crippen LogP contribution in [0.15, 0.2) is 41.1 Å². The van der Waals surface area contributed by atoms with E-state index in [2.05, 4.69) is 30.4 Å². The van der Waals surface area contributed by atoms with Gasteiger partial charge in [0.2, 0.25) is 0 Å². The first-order chi connectivity index (χ1) is 17.2. The Hall–Kier alpha value is -2.67. The first kappa shape index (κ1) is 25.0. The highest BCUT2D eigenvalue weighted by Crippen LogP contribution is 2.65. The normalized spacial score (nSPS) is 36.3. The summed E-state index contributed by atoms with van der Waals surface area (Å²) in [5.41, 5.74) is 3.74. The number of nitrogens with zero attached hydrogens (tertiary/aromatic N) is 1. The molecule has 0 radical (unpaired) electrons. The van der Waals surface area contributed by atoms with E-state index in [1.165, 1.54) is 37.0 Å². The van der Waals surface area contributed by atoms with Gasteiger partial charge in [-0.15, -0.1) is 0 Å². The number of rotatable bonds is 6. The maximum Gasteiger partial charge on any atom is 0.335 e. The molecule has 3 fully saturated rings. The summed E-state index contributed by atoms with van der Waals surface area (Å²) in [5, 5.41) is 26.7. The van der Waals surface area contributed by atoms with Crippen LogP contribution in [-0.4, -0.2) is 40.5 Å². The number of allylic oxidation sites excluding steroid dienone is 2. The highest BCUT2D eigenvalue weighted by atomic mass is 16.6. The van der Waals surface area contributed by atoms with Gasteiger partial charge in [-0.25, -0.2) is 4.79 Å². The molecule has 36 heavy (non-hydrogen) atoms. The largest absolute Gasteiger partial charge is 0.478 e. The Bertz CT molecular complexity index is 1080. The van der Waals surface area contributed by atoms with Crippen molar-refractivity contribution in [2.45, 2.75) is 77.9 Å². The fourth-order valence-electron chi connectivity index (χ4n) is 7.81. The van der Waals surface area contributed by atoms with Crippen LogP contribution in [0.2, 0.25) is 0 Å². The zero-order valence-corrected chi connectivity index (χ0v) is 21.3. The van der Waals surface area contributed by atoms with Gasteiger partial charge in [-0.05, 0) is 104 Å². The molecule has 4 aliphatic carbocycles. The van der Waals surface area contributed by atoms with Gasteiger partial charge >= 0.3 is 5.97 Å². The molecule has 0 aliphatic heterocycles. The van der Waals surface area contributed by atoms with Crippen molar-refractivity contribution in [3.05, 3.63) is 47.0 Å². The molecule has 194 valence electrons. The van der Waals surface area contributed by atoms with Gasteiger partial charge in [-0.2, -0.15) is 0 Å². The lowest BCUT2D eigenvalue weighted by Crippen LogP contribution is -2.51. The average Bonchev–Trinajstić information content (AvgIpc) is 3.17. The van der Waals surface area contributed by atoms with Gasteiger partial charge in [0.15, 0.2) is 6.61 Å². The number of carboxylic acids is 1. The summed E-state index contributed by atoms with van der Waals surface area (Å²) in [6, 6.07) is 6.42. The number of aromatic carboxylic acids is 1. The third-order valence-electron chi connectivity index (χ3n) is 10.00. The van der Waals surface area contributed by atoms with Gasteiger partial charge in [0.1, 0.15) is 0 Å². The van der Waals surface area contributed by atoms with E-state index in [-0.39, 0.29) is 35.0 Å². The van der Waals surface area contributed by atoms with Gasteiger partial charge in [-0.1, -0.05) is 36.7 Å². The maximum absolute atomic E-state index is 12.2. The molecule has 4 aliphatic rings. The Labute approximate surface area is 213 Å². The number of aliphatic hydroxyl groups is 1. The summed E-state index contributed by atoms with van der Waals surface area (Å²) in [6.07, 6.45) is 10.7. The number of hydrogen-bond acceptors (Lipinski definition) is 5. The molecular formula is C29H38N2O5. The predicted octanol–water partition coefficient (Wildman–Crippen LogP) is 4.70. The van der Waals surface area contributed by atoms with Crippen LogP contribution in [0.5, 0.6) is 0 Å². The Balaban J connectivity index is 1.15. The fourth-order valence-corrected chi connectivity index (χ4v) is 7.81. The minimum Gasteiger partial charge on any atom is -0.478 e. The van der Waals surface area contributed by atoms with E-state index in [1.54, 1.807) is 12.1 Å². The predicted molar refractivity (Wildman–Crippen MR) is 136 cm³/mol. The zero-order valence-electron chi connectivity index (χ0n) is 21.3. The van der Waals surface area contributed by atoms with Crippen molar-refractivity contribution in [1.82, 2.24) is 5.32 Å². The second kappa shape index (κ2) is 9.66. The number of hydrogen-bond donors (Lipinski definition) is 3. The molecular weight excluding hydrogens is 456 g/mol. The van der Waals surface area contributed by atoms with E-state index in [1.807, 2.05) is 0 Å². The summed E-state index contributed by atoms with van der Waals surface area (Å²) >= 11 is 0. The van der Waals surface area contributed by atoms with Crippen LogP contribution in [0.3, 0.4) is 0 Å². The fraction of sp³-hybridized carbons (Fsp3) is 0.621. The molecule has 6 atom stereocenters. The molecule has 0 saturated heterocycles. The Kier molecular flexibility index (Phi) is 6.70. The van der Waals surface area contributed by atoms with Crippen molar-refractivity contribution < 1.29 is 24.6 Å². The van der Waals surface area contributed by atoms with Crippen LogP contribution in [0.1, 0.15) is 81.1 Å². The second-order valence-corrected chi connectivity index (χ2v) is 11.8. The van der Waals surface area contributed by atoms with Crippen molar-refractivity contribution in [3.63, 3.8) is 0 Å². The molecule has 7 heteroatoms. The van der Waals surface area contributed by atoms with E-state index in [0.717, 1.165) is 43.4 Å². The molecule has 0 aromatic heterocycles. The van der Waals surface area contributed by atoms with Crippen LogP contribution < -0.4 is 5.32 Å². The monoisotopic (exact) mass is 494 g/mol. The number of benzene rings is 1. The quantitative estimate of drug-likeness (QED) is 0.497. The molecule has 3 saturated carbocycles. The Morgan fingerprint density at radius 3 is 2.58 bits per heavy atom. The van der Waals surface area contributed by atoms with Crippen LogP contribution in [0.4, 0.5) is 0 Å². The topological polar surface area (TPSA) is 108 Å². The molecule has 5 rings (SSSR count). The van der Waals surface area contributed by atoms with Crippen LogP contribution in [0.25, 0.3) is 0 Å². The molecule has 7 nitrogen and oxygen atoms in total. The van der Waals surface area contributed by atoms with Crippen molar-refractivity contribution >= 4 is 17.6 Å². The first-order valence-electron chi connectivity index (χ1n) is 13.4. The van der Waals surface area contributed by atoms with Crippen molar-refractivity contribution in [2.75, 3.05) is 6.61 Å². The molecule has 3 N–H and O–H groups in total. The van der Waals surface area contributed by atoms with Gasteiger partial charge < -0.3 is 20.4 Å². The van der Waals surface area contributed by atoms with Crippen molar-refractivity contribution in [1.29, 1.82) is 0 Å². The lowest BCUT2D eigenvalue weighted by Gasteiger charge is -2.57. The first-order valence-corrected chi connectivity index (χ1v) is 13.4. The SMILES string of the molecule is C[C@]12CC[C@@H]3[C@@H](CCC4=CC(=NOCC(=O)NCc5ccc(C(=O)O)cc5)CC[C@@]43C)[C@@H]1CC[C@@H]2O. The van der Waals surface area contributed by atoms with Crippen molar-refractivity contribution in [2.24, 2.45) is 33.7 Å².